The maximum atomic E-state index is 13.9. The van der Waals surface area contributed by atoms with Gasteiger partial charge in [0.05, 0.1) is 51.3 Å². The first-order valence-corrected chi connectivity index (χ1v) is 18.4. The average molecular weight is 884 g/mol. The van der Waals surface area contributed by atoms with E-state index in [1.165, 1.54) is 37.3 Å². The quantitative estimate of drug-likeness (QED) is 0.0634. The van der Waals surface area contributed by atoms with Crippen LogP contribution >= 0.6 is 27.5 Å². The lowest BCUT2D eigenvalue weighted by molar-refractivity contribution is -0.387. The summed E-state index contributed by atoms with van der Waals surface area (Å²) in [7, 11) is 6.77. The summed E-state index contributed by atoms with van der Waals surface area (Å²) in [4.78, 5) is 37.0. The molecule has 59 heavy (non-hydrogen) atoms. The van der Waals surface area contributed by atoms with E-state index in [4.69, 9.17) is 26.8 Å². The summed E-state index contributed by atoms with van der Waals surface area (Å²) >= 11 is 8.87. The summed E-state index contributed by atoms with van der Waals surface area (Å²) in [5.74, 6) is -0.262. The van der Waals surface area contributed by atoms with Crippen molar-refractivity contribution in [3.8, 4) is 34.0 Å². The average Bonchev–Trinajstić information content (AvgIpc) is 3.75. The first-order chi connectivity index (χ1) is 28.3. The first-order valence-electron chi connectivity index (χ1n) is 17.3. The zero-order valence-electron chi connectivity index (χ0n) is 31.6. The van der Waals surface area contributed by atoms with Gasteiger partial charge in [-0.05, 0) is 51.8 Å². The summed E-state index contributed by atoms with van der Waals surface area (Å²) in [6, 6.07) is 24.5. The number of methoxy groups -OCH3 is 2. The van der Waals surface area contributed by atoms with E-state index in [-0.39, 0.29) is 34.0 Å². The van der Waals surface area contributed by atoms with Gasteiger partial charge in [0.25, 0.3) is 5.69 Å². The van der Waals surface area contributed by atoms with Crippen molar-refractivity contribution < 1.29 is 23.7 Å². The molecule has 0 radical (unpaired) electrons. The van der Waals surface area contributed by atoms with Crippen LogP contribution < -0.4 is 20.5 Å². The minimum absolute atomic E-state index is 0.0710. The van der Waals surface area contributed by atoms with Gasteiger partial charge in [-0.1, -0.05) is 36.4 Å². The van der Waals surface area contributed by atoms with Gasteiger partial charge in [0, 0.05) is 96.1 Å². The van der Waals surface area contributed by atoms with Crippen molar-refractivity contribution in [3.05, 3.63) is 146 Å². The van der Waals surface area contributed by atoms with Crippen LogP contribution in [0, 0.1) is 26.0 Å². The van der Waals surface area contributed by atoms with E-state index >= 15 is 0 Å². The number of aryl methyl sites for hydroxylation is 2. The van der Waals surface area contributed by atoms with Crippen LogP contribution in [0.15, 0.2) is 114 Å². The SMILES string of the molecule is COc1cc(Br)c([N+](=O)[O-])cc1N.COc1cc(F)c([N+](=O)[O-])cc1Nc1nccc(-c2cn(C)c3ccccc23)n1.Cn1cc(-c2ccnc(Cl)n2)c2ccccc21. The molecular weight excluding hydrogens is 851 g/mol. The normalized spacial score (nSPS) is 10.6. The molecular formula is C40H33BrClFN10O6. The third-order valence-electron chi connectivity index (χ3n) is 8.84. The van der Waals surface area contributed by atoms with Crippen LogP contribution in [0.1, 0.15) is 0 Å². The molecule has 0 fully saturated rings. The van der Waals surface area contributed by atoms with Crippen molar-refractivity contribution in [1.29, 1.82) is 0 Å². The van der Waals surface area contributed by atoms with Crippen molar-refractivity contribution in [1.82, 2.24) is 29.1 Å². The van der Waals surface area contributed by atoms with E-state index in [0.717, 1.165) is 39.9 Å². The number of fused-ring (bicyclic) bond motifs is 2. The predicted molar refractivity (Wildman–Crippen MR) is 228 cm³/mol. The van der Waals surface area contributed by atoms with Crippen LogP contribution in [0.5, 0.6) is 11.5 Å². The molecule has 4 aromatic carbocycles. The number of hydrogen-bond donors (Lipinski definition) is 2. The number of nitrogen functional groups attached to an aromatic ring is 1. The molecule has 19 heteroatoms. The molecule has 0 amide bonds. The smallest absolute Gasteiger partial charge is 0.307 e. The Balaban J connectivity index is 0.000000165. The third kappa shape index (κ3) is 9.19. The Bertz CT molecular complexity index is 2850. The number of nitrogens with zero attached hydrogens (tertiary/aromatic N) is 8. The van der Waals surface area contributed by atoms with E-state index < -0.39 is 21.4 Å². The highest BCUT2D eigenvalue weighted by Crippen LogP contribution is 2.36. The van der Waals surface area contributed by atoms with Gasteiger partial charge in [0.2, 0.25) is 17.0 Å². The summed E-state index contributed by atoms with van der Waals surface area (Å²) in [6.07, 6.45) is 7.28. The molecule has 4 heterocycles. The summed E-state index contributed by atoms with van der Waals surface area (Å²) < 4.78 is 28.3. The summed E-state index contributed by atoms with van der Waals surface area (Å²) in [5.41, 5.74) is 10.9. The Morgan fingerprint density at radius 2 is 1.31 bits per heavy atom. The number of nitrogens with two attached hydrogens (primary N) is 1. The second-order valence-corrected chi connectivity index (χ2v) is 13.7. The van der Waals surface area contributed by atoms with E-state index in [2.05, 4.69) is 64.1 Å². The lowest BCUT2D eigenvalue weighted by Crippen LogP contribution is -2.02. The van der Waals surface area contributed by atoms with Crippen molar-refractivity contribution in [2.24, 2.45) is 14.1 Å². The molecule has 0 spiro atoms. The number of benzene rings is 4. The van der Waals surface area contributed by atoms with Crippen LogP contribution in [-0.4, -0.2) is 53.1 Å². The number of anilines is 3. The van der Waals surface area contributed by atoms with Crippen LogP contribution in [0.2, 0.25) is 5.28 Å². The van der Waals surface area contributed by atoms with E-state index in [1.54, 1.807) is 18.5 Å². The van der Waals surface area contributed by atoms with Gasteiger partial charge >= 0.3 is 5.69 Å². The number of hydrogen-bond acceptors (Lipinski definition) is 12. The molecule has 4 aromatic heterocycles. The predicted octanol–water partition coefficient (Wildman–Crippen LogP) is 9.67. The van der Waals surface area contributed by atoms with Crippen molar-refractivity contribution in [2.45, 2.75) is 0 Å². The minimum Gasteiger partial charge on any atom is -0.495 e. The standard InChI is InChI=1S/C20H16FN5O3.C13H10ClN3.C7H7BrN2O3/c1-25-11-13(12-5-3-4-6-17(12)25)15-7-8-22-20(23-15)24-16-10-18(26(27)28)14(21)9-19(16)29-2;1-17-8-10(9-4-2-3-5-12(9)17)11-6-7-15-13(14)16-11;1-13-7-2-4(8)6(10(11)12)3-5(7)9/h3-11H,1-2H3,(H,22,23,24);2-8H,1H3;2-3H,9H2,1H3. The number of rotatable bonds is 8. The Morgan fingerprint density at radius 3 is 1.85 bits per heavy atom. The third-order valence-corrected chi connectivity index (χ3v) is 9.65. The molecule has 0 saturated heterocycles. The molecule has 0 aliphatic carbocycles. The molecule has 0 bridgehead atoms. The maximum absolute atomic E-state index is 13.9. The monoisotopic (exact) mass is 882 g/mol. The number of nitro benzene ring substituents is 2. The number of aromatic nitrogens is 6. The minimum atomic E-state index is -0.983. The van der Waals surface area contributed by atoms with Crippen LogP contribution in [0.4, 0.5) is 33.1 Å². The highest BCUT2D eigenvalue weighted by Gasteiger charge is 2.20. The van der Waals surface area contributed by atoms with Crippen molar-refractivity contribution in [2.75, 3.05) is 25.3 Å². The summed E-state index contributed by atoms with van der Waals surface area (Å²) in [6.45, 7) is 0. The number of ether oxygens (including phenoxy) is 2. The van der Waals surface area contributed by atoms with Gasteiger partial charge < -0.3 is 29.7 Å². The molecule has 0 saturated carbocycles. The first kappa shape index (κ1) is 41.5. The highest BCUT2D eigenvalue weighted by molar-refractivity contribution is 9.10. The molecule has 300 valence electrons. The van der Waals surface area contributed by atoms with Crippen molar-refractivity contribution in [3.63, 3.8) is 0 Å². The molecule has 3 N–H and O–H groups in total. The largest absolute Gasteiger partial charge is 0.495 e. The van der Waals surface area contributed by atoms with Crippen LogP contribution in [0.25, 0.3) is 44.3 Å². The Hall–Kier alpha value is -7.18. The molecule has 0 atom stereocenters. The zero-order chi connectivity index (χ0) is 42.4. The fraction of sp³-hybridized carbons (Fsp3) is 0.100. The summed E-state index contributed by atoms with van der Waals surface area (Å²) in [5, 5.41) is 26.9. The topological polar surface area (TPSA) is 204 Å². The zero-order valence-corrected chi connectivity index (χ0v) is 34.0. The lowest BCUT2D eigenvalue weighted by atomic mass is 10.1. The molecule has 8 aromatic rings. The Labute approximate surface area is 348 Å². The van der Waals surface area contributed by atoms with Gasteiger partial charge in [0.1, 0.15) is 11.5 Å². The van der Waals surface area contributed by atoms with Gasteiger partial charge in [-0.25, -0.2) is 19.9 Å². The molecule has 0 aliphatic heterocycles. The lowest BCUT2D eigenvalue weighted by Gasteiger charge is -2.11. The Kier molecular flexibility index (Phi) is 12.6. The maximum Gasteiger partial charge on any atom is 0.307 e. The number of nitrogens with one attached hydrogen (secondary N) is 1. The van der Waals surface area contributed by atoms with Gasteiger partial charge in [-0.15, -0.1) is 0 Å². The van der Waals surface area contributed by atoms with Crippen LogP contribution in [0.3, 0.4) is 0 Å². The number of halogens is 3. The van der Waals surface area contributed by atoms with E-state index in [9.17, 15) is 24.6 Å². The fourth-order valence-electron chi connectivity index (χ4n) is 6.09. The number of nitro groups is 2. The Morgan fingerprint density at radius 1 is 0.763 bits per heavy atom. The van der Waals surface area contributed by atoms with Gasteiger partial charge in [-0.2, -0.15) is 4.39 Å². The van der Waals surface area contributed by atoms with Gasteiger partial charge in [0.15, 0.2) is 0 Å². The highest BCUT2D eigenvalue weighted by atomic mass is 79.9. The van der Waals surface area contributed by atoms with E-state index in [1.807, 2.05) is 67.3 Å². The molecule has 0 aliphatic rings. The van der Waals surface area contributed by atoms with Gasteiger partial charge in [-0.3, -0.25) is 20.2 Å². The molecule has 16 nitrogen and oxygen atoms in total. The number of para-hydroxylation sites is 2. The van der Waals surface area contributed by atoms with E-state index in [0.29, 0.717) is 15.9 Å². The second kappa shape index (κ2) is 18.0. The fourth-order valence-corrected chi connectivity index (χ4v) is 6.71. The van der Waals surface area contributed by atoms with Crippen LogP contribution in [-0.2, 0) is 14.1 Å². The molecule has 8 rings (SSSR count). The van der Waals surface area contributed by atoms with Crippen molar-refractivity contribution >= 4 is 78.0 Å². The second-order valence-electron chi connectivity index (χ2n) is 12.5. The molecule has 0 unspecified atom stereocenters.